The number of fused-ring (bicyclic) bond motifs is 1. The number of ether oxygens (including phenoxy) is 1. The van der Waals surface area contributed by atoms with Crippen LogP contribution in [-0.2, 0) is 20.9 Å². The maximum absolute atomic E-state index is 12.8. The number of rotatable bonds is 12. The maximum Gasteiger partial charge on any atom is 0.407 e. The van der Waals surface area contributed by atoms with E-state index in [1.165, 1.54) is 4.90 Å². The number of nitrogens with zero attached hydrogens (tertiary/aromatic N) is 1. The number of nitrogens with one attached hydrogen (secondary N) is 3. The molecular weight excluding hydrogens is 488 g/mol. The third kappa shape index (κ3) is 8.56. The number of alkyl carbamates (subject to hydrolysis) is 1. The molecule has 208 valence electrons. The molecule has 2 heterocycles. The van der Waals surface area contributed by atoms with E-state index < -0.39 is 17.6 Å². The molecule has 2 aliphatic rings. The Morgan fingerprint density at radius 3 is 2.24 bits per heavy atom. The summed E-state index contributed by atoms with van der Waals surface area (Å²) in [5.41, 5.74) is 1.22. The Kier molecular flexibility index (Phi) is 10.3. The van der Waals surface area contributed by atoms with Crippen molar-refractivity contribution in [3.63, 3.8) is 0 Å². The molecule has 0 spiro atoms. The van der Waals surface area contributed by atoms with Gasteiger partial charge in [0.05, 0.1) is 0 Å². The average Bonchev–Trinajstić information content (AvgIpc) is 3.16. The van der Waals surface area contributed by atoms with Gasteiger partial charge in [0.1, 0.15) is 11.6 Å². The average molecular weight is 529 g/mol. The first kappa shape index (κ1) is 29.1. The Balaban J connectivity index is 1.28. The molecule has 0 aromatic heterocycles. The lowest BCUT2D eigenvalue weighted by Gasteiger charge is -2.29. The van der Waals surface area contributed by atoms with Gasteiger partial charge in [0.15, 0.2) is 0 Å². The first-order chi connectivity index (χ1) is 18.0. The van der Waals surface area contributed by atoms with E-state index in [0.717, 1.165) is 44.9 Å². The van der Waals surface area contributed by atoms with Crippen LogP contribution in [0.4, 0.5) is 4.79 Å². The van der Waals surface area contributed by atoms with Crippen LogP contribution in [0.25, 0.3) is 0 Å². The number of unbranched alkanes of at least 4 members (excludes halogenated alkanes) is 6. The molecule has 0 radical (unpaired) electrons. The molecule has 10 heteroatoms. The smallest absolute Gasteiger partial charge is 0.407 e. The van der Waals surface area contributed by atoms with Gasteiger partial charge in [-0.25, -0.2) is 4.79 Å². The molecule has 1 aromatic carbocycles. The summed E-state index contributed by atoms with van der Waals surface area (Å²) in [5, 5.41) is 8.00. The van der Waals surface area contributed by atoms with E-state index in [4.69, 9.17) is 4.74 Å². The lowest BCUT2D eigenvalue weighted by Crippen LogP contribution is -2.52. The van der Waals surface area contributed by atoms with Crippen LogP contribution in [0.5, 0.6) is 0 Å². The minimum atomic E-state index is -0.668. The number of carbonyl (C=O) groups is 5. The summed E-state index contributed by atoms with van der Waals surface area (Å²) in [6.45, 7) is 6.97. The van der Waals surface area contributed by atoms with Crippen molar-refractivity contribution in [1.29, 1.82) is 0 Å². The highest BCUT2D eigenvalue weighted by atomic mass is 16.6. The minimum Gasteiger partial charge on any atom is -0.444 e. The first-order valence-electron chi connectivity index (χ1n) is 13.6. The second-order valence-corrected chi connectivity index (χ2v) is 10.9. The van der Waals surface area contributed by atoms with Gasteiger partial charge in [0.2, 0.25) is 11.8 Å². The molecule has 0 aliphatic carbocycles. The van der Waals surface area contributed by atoms with Crippen LogP contribution in [0.1, 0.15) is 105 Å². The van der Waals surface area contributed by atoms with E-state index >= 15 is 0 Å². The standard InChI is InChI=1S/C28H40N4O6/c1-28(2,3)38-27(37)30-16-10-8-6-4-5-7-9-15-29-24(34)19-11-12-21-20(17-19)18-32(26(21)36)22-13-14-23(33)31-25(22)35/h11-12,17,22H,4-10,13-16,18H2,1-3H3,(H,29,34)(H,30,37)(H,31,33,35). The molecule has 1 atom stereocenters. The van der Waals surface area contributed by atoms with Gasteiger partial charge in [0.25, 0.3) is 11.8 Å². The van der Waals surface area contributed by atoms with E-state index in [-0.39, 0.29) is 36.8 Å². The Labute approximate surface area is 224 Å². The number of piperidine rings is 1. The van der Waals surface area contributed by atoms with Crippen molar-refractivity contribution in [3.8, 4) is 0 Å². The van der Waals surface area contributed by atoms with E-state index in [0.29, 0.717) is 36.2 Å². The highest BCUT2D eigenvalue weighted by molar-refractivity contribution is 6.06. The second kappa shape index (κ2) is 13.4. The third-order valence-corrected chi connectivity index (χ3v) is 6.59. The first-order valence-corrected chi connectivity index (χ1v) is 13.6. The molecule has 10 nitrogen and oxygen atoms in total. The summed E-state index contributed by atoms with van der Waals surface area (Å²) < 4.78 is 5.20. The van der Waals surface area contributed by atoms with Gasteiger partial charge in [-0.2, -0.15) is 0 Å². The number of amides is 5. The molecule has 3 rings (SSSR count). The van der Waals surface area contributed by atoms with Crippen molar-refractivity contribution >= 4 is 29.7 Å². The molecule has 1 saturated heterocycles. The van der Waals surface area contributed by atoms with Gasteiger partial charge in [-0.1, -0.05) is 32.1 Å². The zero-order chi connectivity index (χ0) is 27.7. The minimum absolute atomic E-state index is 0.183. The van der Waals surface area contributed by atoms with Crippen molar-refractivity contribution < 1.29 is 28.7 Å². The Morgan fingerprint density at radius 2 is 1.61 bits per heavy atom. The summed E-state index contributed by atoms with van der Waals surface area (Å²) in [5.74, 6) is -1.20. The molecule has 1 unspecified atom stereocenters. The van der Waals surface area contributed by atoms with E-state index in [1.54, 1.807) is 18.2 Å². The van der Waals surface area contributed by atoms with Crippen LogP contribution in [0.3, 0.4) is 0 Å². The molecule has 0 saturated carbocycles. The second-order valence-electron chi connectivity index (χ2n) is 10.9. The predicted molar refractivity (Wildman–Crippen MR) is 141 cm³/mol. The lowest BCUT2D eigenvalue weighted by atomic mass is 10.0. The van der Waals surface area contributed by atoms with Gasteiger partial charge < -0.3 is 20.3 Å². The molecule has 2 aliphatic heterocycles. The fourth-order valence-corrected chi connectivity index (χ4v) is 4.66. The van der Waals surface area contributed by atoms with Gasteiger partial charge in [0, 0.05) is 37.2 Å². The third-order valence-electron chi connectivity index (χ3n) is 6.59. The molecule has 1 aromatic rings. The normalized spacial score (nSPS) is 17.2. The fraction of sp³-hybridized carbons (Fsp3) is 0.607. The number of hydrogen-bond donors (Lipinski definition) is 3. The highest BCUT2D eigenvalue weighted by Crippen LogP contribution is 2.28. The molecule has 5 amide bonds. The van der Waals surface area contributed by atoms with Gasteiger partial charge >= 0.3 is 6.09 Å². The summed E-state index contributed by atoms with van der Waals surface area (Å²) in [6, 6.07) is 4.32. The number of imide groups is 1. The van der Waals surface area contributed by atoms with Crippen molar-refractivity contribution in [1.82, 2.24) is 20.9 Å². The molecule has 3 N–H and O–H groups in total. The van der Waals surface area contributed by atoms with Crippen LogP contribution in [0, 0.1) is 0 Å². The summed E-state index contributed by atoms with van der Waals surface area (Å²) in [6.07, 6.45) is 7.33. The van der Waals surface area contributed by atoms with Crippen LogP contribution in [0.2, 0.25) is 0 Å². The Bertz CT molecular complexity index is 1050. The fourth-order valence-electron chi connectivity index (χ4n) is 4.66. The zero-order valence-corrected chi connectivity index (χ0v) is 22.7. The maximum atomic E-state index is 12.8. The Hall–Kier alpha value is -3.43. The van der Waals surface area contributed by atoms with Crippen LogP contribution >= 0.6 is 0 Å². The highest BCUT2D eigenvalue weighted by Gasteiger charge is 2.39. The zero-order valence-electron chi connectivity index (χ0n) is 22.7. The molecule has 38 heavy (non-hydrogen) atoms. The predicted octanol–water partition coefficient (Wildman–Crippen LogP) is 3.43. The summed E-state index contributed by atoms with van der Waals surface area (Å²) in [7, 11) is 0. The van der Waals surface area contributed by atoms with Gasteiger partial charge in [-0.15, -0.1) is 0 Å². The summed E-state index contributed by atoms with van der Waals surface area (Å²) >= 11 is 0. The number of benzene rings is 1. The van der Waals surface area contributed by atoms with Crippen LogP contribution in [0.15, 0.2) is 18.2 Å². The molecule has 0 bridgehead atoms. The van der Waals surface area contributed by atoms with Crippen molar-refractivity contribution in [3.05, 3.63) is 34.9 Å². The number of hydrogen-bond acceptors (Lipinski definition) is 6. The van der Waals surface area contributed by atoms with Crippen LogP contribution in [-0.4, -0.2) is 59.4 Å². The van der Waals surface area contributed by atoms with Crippen molar-refractivity contribution in [2.75, 3.05) is 13.1 Å². The lowest BCUT2D eigenvalue weighted by molar-refractivity contribution is -0.136. The van der Waals surface area contributed by atoms with Gasteiger partial charge in [-0.05, 0) is 63.8 Å². The SMILES string of the molecule is CC(C)(C)OC(=O)NCCCCCCCCCNC(=O)c1ccc2c(c1)CN(C1CCC(=O)NC1=O)C2=O. The van der Waals surface area contributed by atoms with E-state index in [2.05, 4.69) is 16.0 Å². The monoisotopic (exact) mass is 528 g/mol. The van der Waals surface area contributed by atoms with Crippen molar-refractivity contribution in [2.45, 2.75) is 96.7 Å². The number of carbonyl (C=O) groups excluding carboxylic acids is 5. The van der Waals surface area contributed by atoms with Crippen molar-refractivity contribution in [2.24, 2.45) is 0 Å². The van der Waals surface area contributed by atoms with E-state index in [1.807, 2.05) is 20.8 Å². The largest absolute Gasteiger partial charge is 0.444 e. The van der Waals surface area contributed by atoms with Gasteiger partial charge in [-0.3, -0.25) is 24.5 Å². The Morgan fingerprint density at radius 1 is 0.974 bits per heavy atom. The van der Waals surface area contributed by atoms with Crippen LogP contribution < -0.4 is 16.0 Å². The quantitative estimate of drug-likeness (QED) is 0.281. The molecule has 1 fully saturated rings. The molecular formula is C28H40N4O6. The van der Waals surface area contributed by atoms with E-state index in [9.17, 15) is 24.0 Å². The topological polar surface area (TPSA) is 134 Å². The summed E-state index contributed by atoms with van der Waals surface area (Å²) in [4.78, 5) is 62.1.